The van der Waals surface area contributed by atoms with Crippen molar-refractivity contribution in [2.45, 2.75) is 51.3 Å². The van der Waals surface area contributed by atoms with Gasteiger partial charge in [-0.1, -0.05) is 33.6 Å². The summed E-state index contributed by atoms with van der Waals surface area (Å²) in [5, 5.41) is 3.06. The number of pyridine rings is 1. The Morgan fingerprint density at radius 2 is 2.00 bits per heavy atom. The van der Waals surface area contributed by atoms with Crippen LogP contribution < -0.4 is 10.0 Å². The molecule has 0 saturated carbocycles. The Morgan fingerprint density at radius 3 is 2.67 bits per heavy atom. The Balaban J connectivity index is 2.61. The molecule has 0 spiro atoms. The van der Waals surface area contributed by atoms with Crippen molar-refractivity contribution in [3.05, 3.63) is 18.3 Å². The number of hydrogen-bond acceptors (Lipinski definition) is 4. The van der Waals surface area contributed by atoms with Crippen LogP contribution in [-0.4, -0.2) is 26.5 Å². The Bertz CT molecular complexity index is 515. The van der Waals surface area contributed by atoms with Crippen molar-refractivity contribution in [2.75, 3.05) is 18.4 Å². The minimum Gasteiger partial charge on any atom is -0.369 e. The van der Waals surface area contributed by atoms with Crippen LogP contribution in [0.4, 0.5) is 5.82 Å². The number of nitrogens with one attached hydrogen (secondary N) is 2. The van der Waals surface area contributed by atoms with E-state index in [1.807, 2.05) is 6.92 Å². The fourth-order valence-corrected chi connectivity index (χ4v) is 3.15. The van der Waals surface area contributed by atoms with E-state index in [-0.39, 0.29) is 4.90 Å². The molecule has 0 bridgehead atoms. The first-order chi connectivity index (χ1) is 9.97. The fraction of sp³-hybridized carbons (Fsp3) is 0.667. The number of aromatic nitrogens is 1. The summed E-state index contributed by atoms with van der Waals surface area (Å²) in [6, 6.07) is 3.23. The molecule has 0 radical (unpaired) electrons. The van der Waals surface area contributed by atoms with E-state index in [9.17, 15) is 8.42 Å². The first kappa shape index (κ1) is 17.9. The molecular weight excluding hydrogens is 286 g/mol. The minimum absolute atomic E-state index is 0.224. The number of hydrogen-bond donors (Lipinski definition) is 2. The van der Waals surface area contributed by atoms with Crippen molar-refractivity contribution in [1.82, 2.24) is 9.71 Å². The van der Waals surface area contributed by atoms with Gasteiger partial charge in [-0.3, -0.25) is 0 Å². The van der Waals surface area contributed by atoms with Gasteiger partial charge in [-0.25, -0.2) is 18.1 Å². The predicted molar refractivity (Wildman–Crippen MR) is 86.9 cm³/mol. The highest BCUT2D eigenvalue weighted by Gasteiger charge is 2.18. The molecule has 6 heteroatoms. The van der Waals surface area contributed by atoms with Gasteiger partial charge in [0, 0.05) is 19.3 Å². The zero-order chi connectivity index (χ0) is 15.7. The lowest BCUT2D eigenvalue weighted by Gasteiger charge is -2.12. The maximum atomic E-state index is 12.3. The topological polar surface area (TPSA) is 71.1 Å². The lowest BCUT2D eigenvalue weighted by atomic mass is 10.1. The SMILES string of the molecule is CCCNc1ncccc1S(=O)(=O)NCCCCC(C)C. The molecule has 0 unspecified atom stereocenters. The molecule has 0 aromatic carbocycles. The van der Waals surface area contributed by atoms with Gasteiger partial charge >= 0.3 is 0 Å². The van der Waals surface area contributed by atoms with Gasteiger partial charge in [0.15, 0.2) is 0 Å². The van der Waals surface area contributed by atoms with Gasteiger partial charge in [0.1, 0.15) is 10.7 Å². The van der Waals surface area contributed by atoms with Crippen molar-refractivity contribution in [3.63, 3.8) is 0 Å². The number of sulfonamides is 1. The third-order valence-corrected chi connectivity index (χ3v) is 4.60. The smallest absolute Gasteiger partial charge is 0.244 e. The lowest BCUT2D eigenvalue weighted by Crippen LogP contribution is -2.26. The second kappa shape index (κ2) is 9.00. The highest BCUT2D eigenvalue weighted by Crippen LogP contribution is 2.17. The molecule has 0 aliphatic carbocycles. The van der Waals surface area contributed by atoms with Gasteiger partial charge in [-0.15, -0.1) is 0 Å². The molecule has 0 atom stereocenters. The third-order valence-electron chi connectivity index (χ3n) is 3.10. The van der Waals surface area contributed by atoms with Crippen LogP contribution in [0.25, 0.3) is 0 Å². The summed E-state index contributed by atoms with van der Waals surface area (Å²) in [5.41, 5.74) is 0. The van der Waals surface area contributed by atoms with Gasteiger partial charge < -0.3 is 5.32 Å². The van der Waals surface area contributed by atoms with E-state index in [4.69, 9.17) is 0 Å². The summed E-state index contributed by atoms with van der Waals surface area (Å²) in [5.74, 6) is 1.08. The maximum absolute atomic E-state index is 12.3. The molecule has 21 heavy (non-hydrogen) atoms. The molecule has 2 N–H and O–H groups in total. The Hall–Kier alpha value is -1.14. The number of rotatable bonds is 10. The van der Waals surface area contributed by atoms with Crippen molar-refractivity contribution in [1.29, 1.82) is 0 Å². The molecule has 1 aromatic rings. The average Bonchev–Trinajstić information content (AvgIpc) is 2.44. The molecule has 1 rings (SSSR count). The summed E-state index contributed by atoms with van der Waals surface area (Å²) in [7, 11) is -3.50. The van der Waals surface area contributed by atoms with Crippen LogP contribution in [0.3, 0.4) is 0 Å². The lowest BCUT2D eigenvalue weighted by molar-refractivity contribution is 0.530. The van der Waals surface area contributed by atoms with Gasteiger partial charge in [-0.2, -0.15) is 0 Å². The Labute approximate surface area is 128 Å². The summed E-state index contributed by atoms with van der Waals surface area (Å²) in [6.07, 6.45) is 5.53. The predicted octanol–water partition coefficient (Wildman–Crippen LogP) is 3.01. The van der Waals surface area contributed by atoms with Crippen LogP contribution in [-0.2, 0) is 10.0 Å². The van der Waals surface area contributed by atoms with E-state index in [0.29, 0.717) is 24.8 Å². The van der Waals surface area contributed by atoms with E-state index in [0.717, 1.165) is 25.7 Å². The third kappa shape index (κ3) is 6.44. The first-order valence-electron chi connectivity index (χ1n) is 7.66. The summed E-state index contributed by atoms with van der Waals surface area (Å²) >= 11 is 0. The average molecular weight is 313 g/mol. The van der Waals surface area contributed by atoms with Crippen LogP contribution in [0, 0.1) is 5.92 Å². The number of nitrogens with zero attached hydrogens (tertiary/aromatic N) is 1. The Morgan fingerprint density at radius 1 is 1.24 bits per heavy atom. The van der Waals surface area contributed by atoms with Crippen molar-refractivity contribution in [3.8, 4) is 0 Å². The molecular formula is C15H27N3O2S. The Kier molecular flexibility index (Phi) is 7.67. The fourth-order valence-electron chi connectivity index (χ4n) is 1.95. The largest absolute Gasteiger partial charge is 0.369 e. The van der Waals surface area contributed by atoms with Crippen LogP contribution >= 0.6 is 0 Å². The number of unbranched alkanes of at least 4 members (excludes halogenated alkanes) is 1. The van der Waals surface area contributed by atoms with Gasteiger partial charge in [0.05, 0.1) is 0 Å². The molecule has 1 heterocycles. The zero-order valence-electron chi connectivity index (χ0n) is 13.2. The van der Waals surface area contributed by atoms with Crippen LogP contribution in [0.15, 0.2) is 23.2 Å². The van der Waals surface area contributed by atoms with E-state index in [2.05, 4.69) is 28.9 Å². The highest BCUT2D eigenvalue weighted by atomic mass is 32.2. The van der Waals surface area contributed by atoms with E-state index >= 15 is 0 Å². The number of anilines is 1. The van der Waals surface area contributed by atoms with Crippen molar-refractivity contribution >= 4 is 15.8 Å². The van der Waals surface area contributed by atoms with Crippen molar-refractivity contribution < 1.29 is 8.42 Å². The second-order valence-electron chi connectivity index (χ2n) is 5.56. The standard InChI is InChI=1S/C15H27N3O2S/c1-4-10-16-15-14(9-7-11-17-15)21(19,20)18-12-6-5-8-13(2)3/h7,9,11,13,18H,4-6,8,10,12H2,1-3H3,(H,16,17). The molecule has 0 fully saturated rings. The van der Waals surface area contributed by atoms with E-state index < -0.39 is 10.0 Å². The van der Waals surface area contributed by atoms with E-state index in [1.165, 1.54) is 0 Å². The first-order valence-corrected chi connectivity index (χ1v) is 9.14. The van der Waals surface area contributed by atoms with Gasteiger partial charge in [0.2, 0.25) is 10.0 Å². The molecule has 120 valence electrons. The molecule has 1 aromatic heterocycles. The highest BCUT2D eigenvalue weighted by molar-refractivity contribution is 7.89. The second-order valence-corrected chi connectivity index (χ2v) is 7.30. The van der Waals surface area contributed by atoms with Crippen LogP contribution in [0.5, 0.6) is 0 Å². The maximum Gasteiger partial charge on any atom is 0.244 e. The van der Waals surface area contributed by atoms with Gasteiger partial charge in [0.25, 0.3) is 0 Å². The molecule has 0 aliphatic rings. The van der Waals surface area contributed by atoms with Gasteiger partial charge in [-0.05, 0) is 30.9 Å². The zero-order valence-corrected chi connectivity index (χ0v) is 14.0. The minimum atomic E-state index is -3.50. The quantitative estimate of drug-likeness (QED) is 0.651. The van der Waals surface area contributed by atoms with Crippen LogP contribution in [0.1, 0.15) is 46.5 Å². The summed E-state index contributed by atoms with van der Waals surface area (Å²) in [4.78, 5) is 4.34. The summed E-state index contributed by atoms with van der Waals surface area (Å²) in [6.45, 7) is 7.54. The normalized spacial score (nSPS) is 11.8. The molecule has 0 amide bonds. The van der Waals surface area contributed by atoms with E-state index in [1.54, 1.807) is 18.3 Å². The van der Waals surface area contributed by atoms with Crippen LogP contribution in [0.2, 0.25) is 0 Å². The van der Waals surface area contributed by atoms with Crippen molar-refractivity contribution in [2.24, 2.45) is 5.92 Å². The monoisotopic (exact) mass is 313 g/mol. The summed E-state index contributed by atoms with van der Waals surface area (Å²) < 4.78 is 27.3. The molecule has 5 nitrogen and oxygen atoms in total. The molecule has 0 saturated heterocycles. The molecule has 0 aliphatic heterocycles.